The van der Waals surface area contributed by atoms with Crippen LogP contribution in [0, 0.1) is 0 Å². The van der Waals surface area contributed by atoms with Gasteiger partial charge in [-0.15, -0.1) is 0 Å². The van der Waals surface area contributed by atoms with Crippen molar-refractivity contribution >= 4 is 23.4 Å². The molecule has 6 rings (SSSR count). The molecule has 1 fully saturated rings. The first kappa shape index (κ1) is 26.6. The summed E-state index contributed by atoms with van der Waals surface area (Å²) in [6.45, 7) is 0.670. The number of carbonyl (C=O) groups excluding carboxylic acids is 1. The monoisotopic (exact) mass is 549 g/mol. The second-order valence-corrected chi connectivity index (χ2v) is 10.3. The molecule has 0 spiro atoms. The number of aliphatic carboxylic acids is 1. The molecule has 8 nitrogen and oxygen atoms in total. The largest absolute Gasteiger partial charge is 0.487 e. The minimum atomic E-state index is -1.12. The average molecular weight is 550 g/mol. The molecular weight excluding hydrogens is 518 g/mol. The summed E-state index contributed by atoms with van der Waals surface area (Å²) >= 11 is 0. The van der Waals surface area contributed by atoms with Crippen LogP contribution in [0.1, 0.15) is 22.6 Å². The Balaban J connectivity index is 1.31. The number of nitrogens with zero attached hydrogens (tertiary/aromatic N) is 3. The number of aliphatic hydroxyl groups excluding tert-OH is 1. The van der Waals surface area contributed by atoms with Crippen LogP contribution in [-0.2, 0) is 11.4 Å². The van der Waals surface area contributed by atoms with E-state index in [1.807, 2.05) is 109 Å². The summed E-state index contributed by atoms with van der Waals surface area (Å²) in [6.07, 6.45) is -1.12. The number of urea groups is 1. The third-order valence-electron chi connectivity index (χ3n) is 7.85. The van der Waals surface area contributed by atoms with Gasteiger partial charge in [0.2, 0.25) is 0 Å². The number of ether oxygens (including phenoxy) is 1. The number of piperazine rings is 1. The molecule has 4 aromatic rings. The number of aliphatic hydroxyl groups is 1. The van der Waals surface area contributed by atoms with Crippen molar-refractivity contribution in [1.29, 1.82) is 0 Å². The van der Waals surface area contributed by atoms with Gasteiger partial charge in [0.15, 0.2) is 0 Å². The zero-order valence-electron chi connectivity index (χ0n) is 22.4. The van der Waals surface area contributed by atoms with Crippen molar-refractivity contribution in [3.8, 4) is 5.75 Å². The smallest absolute Gasteiger partial charge is 0.329 e. The molecule has 2 amide bonds. The minimum absolute atomic E-state index is 0.0801. The van der Waals surface area contributed by atoms with E-state index in [9.17, 15) is 19.8 Å². The SMILES string of the molecule is O=C(O)[C@@H]1CN(C(=O)N2c3ccccc3COc3ccccc32)CCN1C(O)C(c1ccccc1)c1ccccc1. The van der Waals surface area contributed by atoms with Gasteiger partial charge in [0, 0.05) is 31.1 Å². The highest BCUT2D eigenvalue weighted by Gasteiger charge is 2.42. The lowest BCUT2D eigenvalue weighted by atomic mass is 9.88. The van der Waals surface area contributed by atoms with Gasteiger partial charge in [-0.25, -0.2) is 4.79 Å². The molecule has 1 saturated heterocycles. The van der Waals surface area contributed by atoms with E-state index >= 15 is 0 Å². The molecule has 0 radical (unpaired) electrons. The zero-order valence-corrected chi connectivity index (χ0v) is 22.4. The van der Waals surface area contributed by atoms with Crippen LogP contribution in [0.15, 0.2) is 109 Å². The summed E-state index contributed by atoms with van der Waals surface area (Å²) in [6, 6.07) is 32.7. The lowest BCUT2D eigenvalue weighted by Crippen LogP contribution is -2.62. The van der Waals surface area contributed by atoms with E-state index in [2.05, 4.69) is 0 Å². The lowest BCUT2D eigenvalue weighted by Gasteiger charge is -2.44. The van der Waals surface area contributed by atoms with E-state index < -0.39 is 24.2 Å². The first-order valence-electron chi connectivity index (χ1n) is 13.7. The van der Waals surface area contributed by atoms with Crippen LogP contribution in [0.5, 0.6) is 5.75 Å². The molecule has 2 heterocycles. The van der Waals surface area contributed by atoms with Crippen molar-refractivity contribution in [3.63, 3.8) is 0 Å². The Hall–Kier alpha value is -4.66. The maximum absolute atomic E-state index is 14.2. The van der Waals surface area contributed by atoms with E-state index in [0.717, 1.165) is 16.7 Å². The van der Waals surface area contributed by atoms with Crippen molar-refractivity contribution in [2.75, 3.05) is 24.5 Å². The number of amides is 2. The van der Waals surface area contributed by atoms with Gasteiger partial charge in [-0.1, -0.05) is 91.0 Å². The van der Waals surface area contributed by atoms with Gasteiger partial charge in [0.1, 0.15) is 24.6 Å². The summed E-state index contributed by atoms with van der Waals surface area (Å²) in [4.78, 5) is 31.6. The number of hydrogen-bond donors (Lipinski definition) is 2. The van der Waals surface area contributed by atoms with Gasteiger partial charge in [-0.05, 0) is 29.3 Å². The maximum atomic E-state index is 14.2. The van der Waals surface area contributed by atoms with Crippen molar-refractivity contribution in [2.24, 2.45) is 0 Å². The molecule has 0 saturated carbocycles. The second-order valence-electron chi connectivity index (χ2n) is 10.3. The molecule has 208 valence electrons. The van der Waals surface area contributed by atoms with Crippen molar-refractivity contribution < 1.29 is 24.5 Å². The van der Waals surface area contributed by atoms with Gasteiger partial charge >= 0.3 is 12.0 Å². The Bertz CT molecular complexity index is 1440. The number of carboxylic acid groups (broad SMARTS) is 1. The summed E-state index contributed by atoms with van der Waals surface area (Å²) < 4.78 is 6.01. The van der Waals surface area contributed by atoms with Crippen molar-refractivity contribution in [1.82, 2.24) is 9.80 Å². The predicted molar refractivity (Wildman–Crippen MR) is 155 cm³/mol. The van der Waals surface area contributed by atoms with Crippen LogP contribution < -0.4 is 9.64 Å². The number of benzene rings is 4. The molecule has 2 aliphatic rings. The molecule has 0 aromatic heterocycles. The summed E-state index contributed by atoms with van der Waals surface area (Å²) in [7, 11) is 0. The molecule has 1 unspecified atom stereocenters. The fraction of sp³-hybridized carbons (Fsp3) is 0.212. The van der Waals surface area contributed by atoms with E-state index in [1.54, 1.807) is 14.7 Å². The molecule has 8 heteroatoms. The Morgan fingerprint density at radius 1 is 0.756 bits per heavy atom. The fourth-order valence-electron chi connectivity index (χ4n) is 5.80. The number of carbonyl (C=O) groups is 2. The topological polar surface area (TPSA) is 93.5 Å². The van der Waals surface area contributed by atoms with Crippen LogP contribution in [0.25, 0.3) is 0 Å². The molecule has 2 N–H and O–H groups in total. The number of rotatable bonds is 5. The van der Waals surface area contributed by atoms with Gasteiger partial charge in [-0.2, -0.15) is 0 Å². The Labute approximate surface area is 238 Å². The minimum Gasteiger partial charge on any atom is -0.487 e. The van der Waals surface area contributed by atoms with Gasteiger partial charge in [0.25, 0.3) is 0 Å². The van der Waals surface area contributed by atoms with Gasteiger partial charge in [-0.3, -0.25) is 14.6 Å². The number of hydrogen-bond acceptors (Lipinski definition) is 5. The van der Waals surface area contributed by atoms with E-state index in [-0.39, 0.29) is 25.7 Å². The Morgan fingerprint density at radius 3 is 2.00 bits per heavy atom. The van der Waals surface area contributed by atoms with Crippen LogP contribution in [0.2, 0.25) is 0 Å². The maximum Gasteiger partial charge on any atom is 0.329 e. The molecule has 41 heavy (non-hydrogen) atoms. The molecule has 0 bridgehead atoms. The van der Waals surface area contributed by atoms with Crippen LogP contribution >= 0.6 is 0 Å². The first-order valence-corrected chi connectivity index (χ1v) is 13.7. The third kappa shape index (κ3) is 5.15. The standard InChI is InChI=1S/C33H31N3O5/c37-31(30(23-11-3-1-4-12-23)24-13-5-2-6-14-24)35-20-19-34(21-28(35)32(38)39)33(40)36-26-16-8-7-15-25(26)22-41-29-18-10-9-17-27(29)36/h1-18,28,30-31,37H,19-22H2,(H,38,39)/t28-,31?/m0/s1. The quantitative estimate of drug-likeness (QED) is 0.362. The zero-order chi connectivity index (χ0) is 28.3. The molecule has 2 atom stereocenters. The average Bonchev–Trinajstić information content (AvgIpc) is 3.18. The first-order chi connectivity index (χ1) is 20.0. The van der Waals surface area contributed by atoms with Crippen LogP contribution in [-0.4, -0.2) is 63.9 Å². The highest BCUT2D eigenvalue weighted by molar-refractivity contribution is 6.02. The van der Waals surface area contributed by atoms with Crippen LogP contribution in [0.3, 0.4) is 0 Å². The lowest BCUT2D eigenvalue weighted by molar-refractivity contribution is -0.152. The molecule has 2 aliphatic heterocycles. The summed E-state index contributed by atoms with van der Waals surface area (Å²) in [5.41, 5.74) is 3.92. The number of fused-ring (bicyclic) bond motifs is 2. The van der Waals surface area contributed by atoms with Gasteiger partial charge < -0.3 is 19.8 Å². The summed E-state index contributed by atoms with van der Waals surface area (Å²) in [5.74, 6) is -0.987. The highest BCUT2D eigenvalue weighted by Crippen LogP contribution is 2.40. The second kappa shape index (κ2) is 11.4. The Kier molecular flexibility index (Phi) is 7.41. The number of para-hydroxylation sites is 3. The van der Waals surface area contributed by atoms with Crippen molar-refractivity contribution in [3.05, 3.63) is 126 Å². The normalized spacial score (nSPS) is 17.7. The van der Waals surface area contributed by atoms with Gasteiger partial charge in [0.05, 0.1) is 11.4 Å². The van der Waals surface area contributed by atoms with Crippen LogP contribution in [0.4, 0.5) is 16.2 Å². The highest BCUT2D eigenvalue weighted by atomic mass is 16.5. The molecule has 4 aromatic carbocycles. The molecular formula is C33H31N3O5. The molecule has 0 aliphatic carbocycles. The van der Waals surface area contributed by atoms with Crippen molar-refractivity contribution in [2.45, 2.75) is 24.8 Å². The fourth-order valence-corrected chi connectivity index (χ4v) is 5.80. The van der Waals surface area contributed by atoms with E-state index in [4.69, 9.17) is 4.74 Å². The number of carboxylic acids is 1. The van der Waals surface area contributed by atoms with E-state index in [1.165, 1.54) is 0 Å². The number of anilines is 2. The predicted octanol–water partition coefficient (Wildman–Crippen LogP) is 5.06. The summed E-state index contributed by atoms with van der Waals surface area (Å²) in [5, 5.41) is 22.1. The third-order valence-corrected chi connectivity index (χ3v) is 7.85. The Morgan fingerprint density at radius 2 is 1.34 bits per heavy atom. The van der Waals surface area contributed by atoms with E-state index in [0.29, 0.717) is 23.7 Å².